The van der Waals surface area contributed by atoms with Gasteiger partial charge in [-0.3, -0.25) is 9.59 Å². The van der Waals surface area contributed by atoms with E-state index in [1.807, 2.05) is 0 Å². The van der Waals surface area contributed by atoms with Gasteiger partial charge in [-0.05, 0) is 49.6 Å². The van der Waals surface area contributed by atoms with E-state index < -0.39 is 23.9 Å². The van der Waals surface area contributed by atoms with Crippen molar-refractivity contribution in [3.63, 3.8) is 0 Å². The van der Waals surface area contributed by atoms with Crippen molar-refractivity contribution in [3.05, 3.63) is 53.8 Å². The lowest BCUT2D eigenvalue weighted by molar-refractivity contribution is -0.155. The number of rotatable bonds is 9. The summed E-state index contributed by atoms with van der Waals surface area (Å²) in [6.07, 6.45) is 0.184. The van der Waals surface area contributed by atoms with Crippen LogP contribution >= 0.6 is 0 Å². The van der Waals surface area contributed by atoms with Crippen molar-refractivity contribution >= 4 is 17.8 Å². The standard InChI is InChI=1S/C23H26FNO6/c1-4-30-21(26)14-18(25-22(27)23(28)31-5-2)12-15-6-8-16(9-7-15)19-13-17(24)10-11-20(19)29-3/h6-11,13,18H,4-5,12,14H2,1-3H3,(H,25,27). The predicted molar refractivity (Wildman–Crippen MR) is 112 cm³/mol. The number of amides is 1. The fourth-order valence-electron chi connectivity index (χ4n) is 3.05. The number of halogens is 1. The van der Waals surface area contributed by atoms with Gasteiger partial charge in [-0.25, -0.2) is 9.18 Å². The van der Waals surface area contributed by atoms with Gasteiger partial charge in [-0.2, -0.15) is 0 Å². The van der Waals surface area contributed by atoms with Crippen LogP contribution in [-0.4, -0.2) is 44.2 Å². The highest BCUT2D eigenvalue weighted by Gasteiger charge is 2.23. The molecule has 0 aliphatic rings. The van der Waals surface area contributed by atoms with Crippen LogP contribution in [0.25, 0.3) is 11.1 Å². The zero-order valence-electron chi connectivity index (χ0n) is 17.8. The summed E-state index contributed by atoms with van der Waals surface area (Å²) in [7, 11) is 1.51. The molecule has 8 heteroatoms. The maximum absolute atomic E-state index is 13.7. The quantitative estimate of drug-likeness (QED) is 0.485. The van der Waals surface area contributed by atoms with Crippen molar-refractivity contribution < 1.29 is 33.0 Å². The Morgan fingerprint density at radius 2 is 1.68 bits per heavy atom. The summed E-state index contributed by atoms with van der Waals surface area (Å²) in [5.74, 6) is -2.26. The molecule has 0 fully saturated rings. The third-order valence-corrected chi connectivity index (χ3v) is 4.42. The van der Waals surface area contributed by atoms with Gasteiger partial charge >= 0.3 is 17.8 Å². The van der Waals surface area contributed by atoms with Crippen LogP contribution in [0.4, 0.5) is 4.39 Å². The Kier molecular flexibility index (Phi) is 8.99. The third kappa shape index (κ3) is 7.09. The van der Waals surface area contributed by atoms with E-state index in [0.29, 0.717) is 11.3 Å². The Bertz CT molecular complexity index is 913. The van der Waals surface area contributed by atoms with E-state index in [4.69, 9.17) is 14.2 Å². The molecule has 2 rings (SSSR count). The first-order valence-electron chi connectivity index (χ1n) is 9.94. The molecular weight excluding hydrogens is 405 g/mol. The average molecular weight is 431 g/mol. The van der Waals surface area contributed by atoms with Crippen molar-refractivity contribution in [2.45, 2.75) is 32.7 Å². The predicted octanol–water partition coefficient (Wildman–Crippen LogP) is 3.04. The van der Waals surface area contributed by atoms with Gasteiger partial charge in [0.2, 0.25) is 0 Å². The number of ether oxygens (including phenoxy) is 3. The first kappa shape index (κ1) is 23.9. The summed E-state index contributed by atoms with van der Waals surface area (Å²) >= 11 is 0. The molecular formula is C23H26FNO6. The van der Waals surface area contributed by atoms with Gasteiger partial charge in [0.25, 0.3) is 0 Å². The van der Waals surface area contributed by atoms with E-state index >= 15 is 0 Å². The maximum atomic E-state index is 13.7. The largest absolute Gasteiger partial charge is 0.496 e. The normalized spacial score (nSPS) is 11.4. The van der Waals surface area contributed by atoms with E-state index in [-0.39, 0.29) is 31.9 Å². The molecule has 0 radical (unpaired) electrons. The SMILES string of the molecule is CCOC(=O)CC(Cc1ccc(-c2cc(F)ccc2OC)cc1)NC(=O)C(=O)OCC. The average Bonchev–Trinajstić information content (AvgIpc) is 2.74. The molecule has 166 valence electrons. The topological polar surface area (TPSA) is 90.9 Å². The summed E-state index contributed by atoms with van der Waals surface area (Å²) in [5.41, 5.74) is 2.16. The van der Waals surface area contributed by atoms with Crippen LogP contribution < -0.4 is 10.1 Å². The summed E-state index contributed by atoms with van der Waals surface area (Å²) in [6.45, 7) is 3.56. The van der Waals surface area contributed by atoms with Gasteiger partial charge in [0.1, 0.15) is 11.6 Å². The number of methoxy groups -OCH3 is 1. The number of esters is 2. The maximum Gasteiger partial charge on any atom is 0.396 e. The van der Waals surface area contributed by atoms with E-state index in [2.05, 4.69) is 5.32 Å². The summed E-state index contributed by atoms with van der Waals surface area (Å²) in [5, 5.41) is 2.53. The van der Waals surface area contributed by atoms with Crippen LogP contribution in [0.15, 0.2) is 42.5 Å². The van der Waals surface area contributed by atoms with Gasteiger partial charge in [-0.15, -0.1) is 0 Å². The Morgan fingerprint density at radius 1 is 1.00 bits per heavy atom. The monoisotopic (exact) mass is 431 g/mol. The fraction of sp³-hybridized carbons (Fsp3) is 0.348. The Morgan fingerprint density at radius 3 is 2.29 bits per heavy atom. The molecule has 1 unspecified atom stereocenters. The van der Waals surface area contributed by atoms with Crippen LogP contribution in [0.5, 0.6) is 5.75 Å². The first-order valence-corrected chi connectivity index (χ1v) is 9.94. The zero-order chi connectivity index (χ0) is 22.8. The lowest BCUT2D eigenvalue weighted by atomic mass is 9.98. The molecule has 0 aliphatic heterocycles. The second kappa shape index (κ2) is 11.7. The van der Waals surface area contributed by atoms with Crippen molar-refractivity contribution in [2.75, 3.05) is 20.3 Å². The van der Waals surface area contributed by atoms with Gasteiger partial charge in [0.05, 0.1) is 26.7 Å². The molecule has 2 aromatic carbocycles. The second-order valence-electron chi connectivity index (χ2n) is 6.65. The molecule has 0 bridgehead atoms. The molecule has 1 N–H and O–H groups in total. The van der Waals surface area contributed by atoms with Crippen LogP contribution in [0.3, 0.4) is 0 Å². The molecule has 0 saturated heterocycles. The Balaban J connectivity index is 2.18. The number of hydrogen-bond donors (Lipinski definition) is 1. The minimum absolute atomic E-state index is 0.0692. The number of hydrogen-bond acceptors (Lipinski definition) is 6. The molecule has 1 atom stereocenters. The smallest absolute Gasteiger partial charge is 0.396 e. The molecule has 0 aliphatic carbocycles. The summed E-state index contributed by atoms with van der Waals surface area (Å²) in [4.78, 5) is 35.6. The number of benzene rings is 2. The van der Waals surface area contributed by atoms with E-state index in [1.54, 1.807) is 44.2 Å². The Labute approximate surface area is 180 Å². The zero-order valence-corrected chi connectivity index (χ0v) is 17.8. The van der Waals surface area contributed by atoms with E-state index in [9.17, 15) is 18.8 Å². The minimum atomic E-state index is -1.01. The van der Waals surface area contributed by atoms with Gasteiger partial charge in [-0.1, -0.05) is 24.3 Å². The molecule has 31 heavy (non-hydrogen) atoms. The highest BCUT2D eigenvalue weighted by atomic mass is 19.1. The first-order chi connectivity index (χ1) is 14.9. The van der Waals surface area contributed by atoms with Crippen molar-refractivity contribution in [1.29, 1.82) is 0 Å². The Hall–Kier alpha value is -3.42. The highest BCUT2D eigenvalue weighted by molar-refractivity contribution is 6.32. The van der Waals surface area contributed by atoms with Crippen LogP contribution in [0, 0.1) is 5.82 Å². The molecule has 0 heterocycles. The molecule has 0 saturated carbocycles. The minimum Gasteiger partial charge on any atom is -0.496 e. The van der Waals surface area contributed by atoms with Crippen molar-refractivity contribution in [3.8, 4) is 16.9 Å². The second-order valence-corrected chi connectivity index (χ2v) is 6.65. The van der Waals surface area contributed by atoms with Gasteiger partial charge < -0.3 is 19.5 Å². The fourth-order valence-corrected chi connectivity index (χ4v) is 3.05. The number of carbonyl (C=O) groups is 3. The molecule has 0 aromatic heterocycles. The molecule has 7 nitrogen and oxygen atoms in total. The van der Waals surface area contributed by atoms with Gasteiger partial charge in [0, 0.05) is 11.6 Å². The highest BCUT2D eigenvalue weighted by Crippen LogP contribution is 2.30. The van der Waals surface area contributed by atoms with E-state index in [1.165, 1.54) is 19.2 Å². The summed E-state index contributed by atoms with van der Waals surface area (Å²) < 4.78 is 28.6. The van der Waals surface area contributed by atoms with Crippen molar-refractivity contribution in [2.24, 2.45) is 0 Å². The van der Waals surface area contributed by atoms with Crippen molar-refractivity contribution in [1.82, 2.24) is 5.32 Å². The van der Waals surface area contributed by atoms with Gasteiger partial charge in [0.15, 0.2) is 0 Å². The van der Waals surface area contributed by atoms with Crippen LogP contribution in [0.2, 0.25) is 0 Å². The molecule has 1 amide bonds. The summed E-state index contributed by atoms with van der Waals surface area (Å²) in [6, 6.07) is 10.8. The lowest BCUT2D eigenvalue weighted by Gasteiger charge is -2.18. The molecule has 2 aromatic rings. The lowest BCUT2D eigenvalue weighted by Crippen LogP contribution is -2.42. The number of nitrogens with one attached hydrogen (secondary N) is 1. The van der Waals surface area contributed by atoms with Crippen LogP contribution in [0.1, 0.15) is 25.8 Å². The van der Waals surface area contributed by atoms with Crippen LogP contribution in [-0.2, 0) is 30.3 Å². The third-order valence-electron chi connectivity index (χ3n) is 4.42. The van der Waals surface area contributed by atoms with E-state index in [0.717, 1.165) is 11.1 Å². The number of carbonyl (C=O) groups excluding carboxylic acids is 3. The molecule has 0 spiro atoms.